The number of carbonyl (C=O) groups excluding carboxylic acids is 3. The Morgan fingerprint density at radius 1 is 0.897 bits per heavy atom. The van der Waals surface area contributed by atoms with Crippen molar-refractivity contribution < 1.29 is 18.8 Å². The zero-order valence-electron chi connectivity index (χ0n) is 16.4. The first-order chi connectivity index (χ1) is 13.9. The zero-order chi connectivity index (χ0) is 20.8. The molecule has 0 aromatic heterocycles. The van der Waals surface area contributed by atoms with Gasteiger partial charge >= 0.3 is 0 Å². The van der Waals surface area contributed by atoms with Crippen LogP contribution in [-0.4, -0.2) is 48.7 Å². The first-order valence-electron chi connectivity index (χ1n) is 9.61. The predicted molar refractivity (Wildman–Crippen MR) is 110 cm³/mol. The number of rotatable bonds is 6. The van der Waals surface area contributed by atoms with E-state index in [1.165, 1.54) is 24.3 Å². The van der Waals surface area contributed by atoms with Crippen LogP contribution in [0.5, 0.6) is 0 Å². The van der Waals surface area contributed by atoms with E-state index in [2.05, 4.69) is 10.2 Å². The van der Waals surface area contributed by atoms with Crippen LogP contribution in [0.25, 0.3) is 0 Å². The molecule has 0 saturated carbocycles. The van der Waals surface area contributed by atoms with Crippen molar-refractivity contribution in [2.45, 2.75) is 19.8 Å². The monoisotopic (exact) mass is 397 g/mol. The summed E-state index contributed by atoms with van der Waals surface area (Å²) in [7, 11) is 0. The lowest BCUT2D eigenvalue weighted by atomic mass is 10.1. The van der Waals surface area contributed by atoms with Crippen LogP contribution in [0.4, 0.5) is 15.8 Å². The molecular formula is C22H24FN3O3. The average molecular weight is 397 g/mol. The molecule has 0 bridgehead atoms. The minimum Gasteiger partial charge on any atom is -0.368 e. The highest BCUT2D eigenvalue weighted by Gasteiger charge is 2.18. The molecule has 2 amide bonds. The standard InChI is InChI=1S/C22H24FN3O3/c1-16(27)25-12-14-26(15-13-25)20-8-6-19(7-9-20)24-22(29)11-10-21(28)17-2-4-18(23)5-3-17/h2-9H,10-15H2,1H3,(H,24,29). The number of anilines is 2. The summed E-state index contributed by atoms with van der Waals surface area (Å²) in [6.07, 6.45) is 0.126. The summed E-state index contributed by atoms with van der Waals surface area (Å²) in [6.45, 7) is 4.54. The summed E-state index contributed by atoms with van der Waals surface area (Å²) >= 11 is 0. The van der Waals surface area contributed by atoms with Gasteiger partial charge in [-0.25, -0.2) is 4.39 Å². The SMILES string of the molecule is CC(=O)N1CCN(c2ccc(NC(=O)CCC(=O)c3ccc(F)cc3)cc2)CC1. The second-order valence-corrected chi connectivity index (χ2v) is 7.02. The molecule has 7 heteroatoms. The molecule has 152 valence electrons. The molecule has 3 rings (SSSR count). The van der Waals surface area contributed by atoms with Crippen molar-refractivity contribution in [2.24, 2.45) is 0 Å². The molecule has 1 saturated heterocycles. The number of hydrogen-bond acceptors (Lipinski definition) is 4. The Morgan fingerprint density at radius 2 is 1.52 bits per heavy atom. The zero-order valence-corrected chi connectivity index (χ0v) is 16.4. The molecule has 0 spiro atoms. The third-order valence-electron chi connectivity index (χ3n) is 4.99. The van der Waals surface area contributed by atoms with Crippen molar-refractivity contribution in [2.75, 3.05) is 36.4 Å². The number of nitrogens with one attached hydrogen (secondary N) is 1. The van der Waals surface area contributed by atoms with Gasteiger partial charge in [0.2, 0.25) is 11.8 Å². The molecule has 1 aliphatic rings. The second-order valence-electron chi connectivity index (χ2n) is 7.02. The van der Waals surface area contributed by atoms with Crippen LogP contribution >= 0.6 is 0 Å². The van der Waals surface area contributed by atoms with E-state index in [1.54, 1.807) is 6.92 Å². The fourth-order valence-electron chi connectivity index (χ4n) is 3.27. The fraction of sp³-hybridized carbons (Fsp3) is 0.318. The predicted octanol–water partition coefficient (Wildman–Crippen LogP) is 3.10. The molecule has 29 heavy (non-hydrogen) atoms. The Balaban J connectivity index is 1.47. The molecule has 6 nitrogen and oxygen atoms in total. The maximum absolute atomic E-state index is 12.9. The number of ketones is 1. The maximum Gasteiger partial charge on any atom is 0.224 e. The van der Waals surface area contributed by atoms with Crippen LogP contribution in [0.2, 0.25) is 0 Å². The molecule has 0 atom stereocenters. The Hall–Kier alpha value is -3.22. The minimum atomic E-state index is -0.400. The van der Waals surface area contributed by atoms with Crippen molar-refractivity contribution in [1.29, 1.82) is 0 Å². The van der Waals surface area contributed by atoms with E-state index >= 15 is 0 Å². The lowest BCUT2D eigenvalue weighted by molar-refractivity contribution is -0.129. The molecular weight excluding hydrogens is 373 g/mol. The molecule has 2 aromatic carbocycles. The van der Waals surface area contributed by atoms with Gasteiger partial charge in [-0.1, -0.05) is 0 Å². The number of Topliss-reactive ketones (excluding diaryl/α,β-unsaturated/α-hetero) is 1. The van der Waals surface area contributed by atoms with Gasteiger partial charge in [0.05, 0.1) is 0 Å². The molecule has 0 unspecified atom stereocenters. The highest BCUT2D eigenvalue weighted by Crippen LogP contribution is 2.20. The summed E-state index contributed by atoms with van der Waals surface area (Å²) in [5.74, 6) is -0.743. The highest BCUT2D eigenvalue weighted by molar-refractivity contribution is 6.00. The molecule has 1 fully saturated rings. The van der Waals surface area contributed by atoms with Gasteiger partial charge in [0.25, 0.3) is 0 Å². The topological polar surface area (TPSA) is 69.7 Å². The third-order valence-corrected chi connectivity index (χ3v) is 4.99. The van der Waals surface area contributed by atoms with Gasteiger partial charge in [0, 0.05) is 62.9 Å². The number of halogens is 1. The highest BCUT2D eigenvalue weighted by atomic mass is 19.1. The summed E-state index contributed by atoms with van der Waals surface area (Å²) in [5, 5.41) is 2.79. The van der Waals surface area contributed by atoms with Gasteiger partial charge < -0.3 is 15.1 Å². The van der Waals surface area contributed by atoms with Crippen molar-refractivity contribution in [3.63, 3.8) is 0 Å². The maximum atomic E-state index is 12.9. The first-order valence-corrected chi connectivity index (χ1v) is 9.61. The normalized spacial score (nSPS) is 13.9. The van der Waals surface area contributed by atoms with Crippen LogP contribution in [0, 0.1) is 5.82 Å². The van der Waals surface area contributed by atoms with Crippen LogP contribution < -0.4 is 10.2 Å². The van der Waals surface area contributed by atoms with E-state index in [-0.39, 0.29) is 30.4 Å². The number of hydrogen-bond donors (Lipinski definition) is 1. The summed E-state index contributed by atoms with van der Waals surface area (Å²) < 4.78 is 12.9. The Kier molecular flexibility index (Phi) is 6.59. The first kappa shape index (κ1) is 20.5. The van der Waals surface area contributed by atoms with Crippen molar-refractivity contribution in [3.8, 4) is 0 Å². The van der Waals surface area contributed by atoms with Crippen LogP contribution in [0.1, 0.15) is 30.1 Å². The largest absolute Gasteiger partial charge is 0.368 e. The van der Waals surface area contributed by atoms with Crippen molar-refractivity contribution in [3.05, 3.63) is 59.9 Å². The van der Waals surface area contributed by atoms with Crippen LogP contribution in [-0.2, 0) is 9.59 Å². The number of nitrogens with zero attached hydrogens (tertiary/aromatic N) is 2. The molecule has 1 N–H and O–H groups in total. The van der Waals surface area contributed by atoms with Gasteiger partial charge in [0.15, 0.2) is 5.78 Å². The van der Waals surface area contributed by atoms with E-state index in [0.29, 0.717) is 24.3 Å². The number of benzene rings is 2. The van der Waals surface area contributed by atoms with E-state index in [0.717, 1.165) is 18.8 Å². The summed E-state index contributed by atoms with van der Waals surface area (Å²) in [5.41, 5.74) is 2.10. The second kappa shape index (κ2) is 9.32. The molecule has 1 aliphatic heterocycles. The fourth-order valence-corrected chi connectivity index (χ4v) is 3.27. The Morgan fingerprint density at radius 3 is 2.10 bits per heavy atom. The van der Waals surface area contributed by atoms with E-state index in [4.69, 9.17) is 0 Å². The molecule has 0 aliphatic carbocycles. The Labute approximate surface area is 169 Å². The van der Waals surface area contributed by atoms with Gasteiger partial charge in [-0.2, -0.15) is 0 Å². The number of carbonyl (C=O) groups is 3. The average Bonchev–Trinajstić information content (AvgIpc) is 2.73. The molecule has 1 heterocycles. The van der Waals surface area contributed by atoms with Gasteiger partial charge in [-0.15, -0.1) is 0 Å². The Bertz CT molecular complexity index is 873. The lowest BCUT2D eigenvalue weighted by Gasteiger charge is -2.35. The van der Waals surface area contributed by atoms with E-state index in [9.17, 15) is 18.8 Å². The van der Waals surface area contributed by atoms with Gasteiger partial charge in [-0.05, 0) is 48.5 Å². The minimum absolute atomic E-state index is 0.0605. The van der Waals surface area contributed by atoms with Gasteiger partial charge in [-0.3, -0.25) is 14.4 Å². The molecule has 0 radical (unpaired) electrons. The van der Waals surface area contributed by atoms with Gasteiger partial charge in [0.1, 0.15) is 5.82 Å². The summed E-state index contributed by atoms with van der Waals surface area (Å²) in [4.78, 5) is 39.6. The van der Waals surface area contributed by atoms with Crippen molar-refractivity contribution >= 4 is 29.0 Å². The number of amides is 2. The van der Waals surface area contributed by atoms with E-state index < -0.39 is 5.82 Å². The van der Waals surface area contributed by atoms with Crippen molar-refractivity contribution in [1.82, 2.24) is 4.90 Å². The third kappa shape index (κ3) is 5.63. The lowest BCUT2D eigenvalue weighted by Crippen LogP contribution is -2.48. The smallest absolute Gasteiger partial charge is 0.224 e. The van der Waals surface area contributed by atoms with E-state index in [1.807, 2.05) is 29.2 Å². The summed E-state index contributed by atoms with van der Waals surface area (Å²) in [6, 6.07) is 12.8. The quantitative estimate of drug-likeness (QED) is 0.761. The molecule has 2 aromatic rings. The number of piperazine rings is 1. The van der Waals surface area contributed by atoms with Crippen LogP contribution in [0.3, 0.4) is 0 Å². The van der Waals surface area contributed by atoms with Crippen LogP contribution in [0.15, 0.2) is 48.5 Å².